The number of rotatable bonds is 5. The number of carbonyl (C=O) groups excluding carboxylic acids is 1. The Hall–Kier alpha value is -0.380. The van der Waals surface area contributed by atoms with Crippen molar-refractivity contribution in [2.75, 3.05) is 0 Å². The number of carboxylic acid groups (broad SMARTS) is 3. The van der Waals surface area contributed by atoms with Crippen molar-refractivity contribution >= 4 is 17.9 Å². The van der Waals surface area contributed by atoms with Gasteiger partial charge in [-0.2, -0.15) is 0 Å². The Balaban J connectivity index is -0.000000240. The van der Waals surface area contributed by atoms with Gasteiger partial charge in [0.15, 0.2) is 5.60 Å². The first-order chi connectivity index (χ1) is 5.78. The number of hydrogen-bond donors (Lipinski definition) is 4. The molecule has 0 aromatic heterocycles. The van der Waals surface area contributed by atoms with Crippen LogP contribution in [-0.2, 0) is 14.4 Å². The molecule has 0 aromatic rings. The summed E-state index contributed by atoms with van der Waals surface area (Å²) in [6.07, 6.45) is -2.44. The monoisotopic (exact) mass is 267 g/mol. The van der Waals surface area contributed by atoms with Crippen LogP contribution in [0.15, 0.2) is 0 Å². The molecular formula is C6H11ClNNaO7. The maximum absolute atomic E-state index is 10.3. The van der Waals surface area contributed by atoms with Gasteiger partial charge in [-0.15, -0.1) is 0 Å². The van der Waals surface area contributed by atoms with Crippen molar-refractivity contribution < 1.29 is 76.8 Å². The van der Waals surface area contributed by atoms with E-state index in [0.717, 1.165) is 0 Å². The first kappa shape index (κ1) is 24.7. The molecule has 8 nitrogen and oxygen atoms in total. The van der Waals surface area contributed by atoms with E-state index >= 15 is 0 Å². The Morgan fingerprint density at radius 1 is 1.12 bits per heavy atom. The molecule has 0 bridgehead atoms. The van der Waals surface area contributed by atoms with E-state index in [1.165, 1.54) is 0 Å². The third-order valence-electron chi connectivity index (χ3n) is 1.28. The Bertz CT molecular complexity index is 243. The Labute approximate surface area is 119 Å². The van der Waals surface area contributed by atoms with Crippen LogP contribution in [0.1, 0.15) is 12.8 Å². The smallest absolute Gasteiger partial charge is 1.00 e. The maximum Gasteiger partial charge on any atom is 1.00 e. The van der Waals surface area contributed by atoms with Gasteiger partial charge in [-0.05, 0) is 0 Å². The molecule has 0 saturated heterocycles. The second kappa shape index (κ2) is 9.82. The SMILES string of the molecule is O=C([O-])CC(O)(CC(=O)O)C(=O)O.[Cl-].[NH4+].[Na+]. The van der Waals surface area contributed by atoms with Crippen LogP contribution in [0.3, 0.4) is 0 Å². The first-order valence-electron chi connectivity index (χ1n) is 3.15. The standard InChI is InChI=1S/C6H8O7.ClH.H3N.Na/c7-3(8)1-6(13,5(11)12)2-4(9)10;;;/h13H,1-2H2,(H,7,8)(H,9,10)(H,11,12);1H;1H3;/q;;;+1/p-1. The second-order valence-corrected chi connectivity index (χ2v) is 2.46. The predicted molar refractivity (Wildman–Crippen MR) is 40.4 cm³/mol. The van der Waals surface area contributed by atoms with Gasteiger partial charge in [0.05, 0.1) is 6.42 Å². The summed E-state index contributed by atoms with van der Waals surface area (Å²) in [4.78, 5) is 30.3. The van der Waals surface area contributed by atoms with E-state index in [1.807, 2.05) is 0 Å². The minimum Gasteiger partial charge on any atom is -1.00 e. The zero-order chi connectivity index (χ0) is 10.6. The summed E-state index contributed by atoms with van der Waals surface area (Å²) in [7, 11) is 0. The van der Waals surface area contributed by atoms with Crippen LogP contribution in [0.25, 0.3) is 0 Å². The van der Waals surface area contributed by atoms with Crippen LogP contribution in [0.4, 0.5) is 0 Å². The van der Waals surface area contributed by atoms with Crippen molar-refractivity contribution in [2.45, 2.75) is 18.4 Å². The largest absolute Gasteiger partial charge is 1.00 e. The molecule has 0 spiro atoms. The summed E-state index contributed by atoms with van der Waals surface area (Å²) in [6.45, 7) is 0. The van der Waals surface area contributed by atoms with Gasteiger partial charge < -0.3 is 43.8 Å². The van der Waals surface area contributed by atoms with Crippen molar-refractivity contribution in [1.82, 2.24) is 6.15 Å². The van der Waals surface area contributed by atoms with Crippen molar-refractivity contribution in [2.24, 2.45) is 0 Å². The van der Waals surface area contributed by atoms with Gasteiger partial charge in [0.2, 0.25) is 0 Å². The van der Waals surface area contributed by atoms with Gasteiger partial charge in [0.25, 0.3) is 0 Å². The third-order valence-corrected chi connectivity index (χ3v) is 1.28. The van der Waals surface area contributed by atoms with Crippen molar-refractivity contribution in [3.05, 3.63) is 0 Å². The first-order valence-corrected chi connectivity index (χ1v) is 3.15. The molecule has 0 aliphatic rings. The van der Waals surface area contributed by atoms with Gasteiger partial charge in [-0.3, -0.25) is 4.79 Å². The molecule has 90 valence electrons. The van der Waals surface area contributed by atoms with Gasteiger partial charge in [-0.25, -0.2) is 4.79 Å². The summed E-state index contributed by atoms with van der Waals surface area (Å²) in [5.74, 6) is -5.34. The predicted octanol–water partition coefficient (Wildman–Crippen LogP) is -8.20. The van der Waals surface area contributed by atoms with Crippen LogP contribution in [0.5, 0.6) is 0 Å². The molecule has 0 amide bonds. The summed E-state index contributed by atoms with van der Waals surface area (Å²) in [5, 5.41) is 35.5. The fourth-order valence-electron chi connectivity index (χ4n) is 0.703. The molecule has 10 heteroatoms. The van der Waals surface area contributed by atoms with E-state index in [4.69, 9.17) is 15.3 Å². The van der Waals surface area contributed by atoms with Crippen LogP contribution in [0, 0.1) is 0 Å². The van der Waals surface area contributed by atoms with Crippen LogP contribution >= 0.6 is 0 Å². The Kier molecular flexibility index (Phi) is 15.2. The summed E-state index contributed by atoms with van der Waals surface area (Å²) >= 11 is 0. The zero-order valence-corrected chi connectivity index (χ0v) is 11.5. The normalized spacial score (nSPS) is 11.8. The molecule has 1 atom stereocenters. The molecule has 0 aliphatic carbocycles. The number of hydrogen-bond acceptors (Lipinski definition) is 5. The van der Waals surface area contributed by atoms with E-state index in [2.05, 4.69) is 0 Å². The van der Waals surface area contributed by atoms with Gasteiger partial charge in [-0.1, -0.05) is 0 Å². The van der Waals surface area contributed by atoms with Crippen molar-refractivity contribution in [1.29, 1.82) is 0 Å². The van der Waals surface area contributed by atoms with E-state index in [9.17, 15) is 19.5 Å². The number of halogens is 1. The minimum absolute atomic E-state index is 0. The Morgan fingerprint density at radius 2 is 1.50 bits per heavy atom. The molecule has 7 N–H and O–H groups in total. The second-order valence-electron chi connectivity index (χ2n) is 2.46. The fourth-order valence-corrected chi connectivity index (χ4v) is 0.703. The number of quaternary nitrogens is 1. The summed E-state index contributed by atoms with van der Waals surface area (Å²) in [6, 6.07) is 0. The maximum atomic E-state index is 10.3. The summed E-state index contributed by atoms with van der Waals surface area (Å²) < 4.78 is 0. The molecule has 0 heterocycles. The number of aliphatic carboxylic acids is 3. The van der Waals surface area contributed by atoms with Crippen molar-refractivity contribution in [3.63, 3.8) is 0 Å². The molecular weight excluding hydrogens is 257 g/mol. The van der Waals surface area contributed by atoms with Gasteiger partial charge >= 0.3 is 41.5 Å². The molecule has 0 aliphatic heterocycles. The van der Waals surface area contributed by atoms with E-state index in [1.54, 1.807) is 0 Å². The van der Waals surface area contributed by atoms with Crippen LogP contribution < -0.4 is 53.2 Å². The Morgan fingerprint density at radius 3 is 1.69 bits per heavy atom. The van der Waals surface area contributed by atoms with E-state index in [0.29, 0.717) is 0 Å². The van der Waals surface area contributed by atoms with Crippen LogP contribution in [0.2, 0.25) is 0 Å². The third kappa shape index (κ3) is 8.89. The molecule has 16 heavy (non-hydrogen) atoms. The molecule has 0 fully saturated rings. The van der Waals surface area contributed by atoms with Gasteiger partial charge in [0, 0.05) is 12.4 Å². The van der Waals surface area contributed by atoms with Gasteiger partial charge in [0.1, 0.15) is 0 Å². The molecule has 0 rings (SSSR count). The summed E-state index contributed by atoms with van der Waals surface area (Å²) in [5.41, 5.74) is -2.80. The fraction of sp³-hybridized carbons (Fsp3) is 0.500. The molecule has 0 radical (unpaired) electrons. The quantitative estimate of drug-likeness (QED) is 0.358. The molecule has 0 aromatic carbocycles. The molecule has 0 saturated carbocycles. The zero-order valence-electron chi connectivity index (χ0n) is 8.77. The van der Waals surface area contributed by atoms with E-state index in [-0.39, 0.29) is 48.1 Å². The van der Waals surface area contributed by atoms with Crippen LogP contribution in [-0.4, -0.2) is 38.8 Å². The molecule has 1 unspecified atom stereocenters. The minimum atomic E-state index is -2.80. The van der Waals surface area contributed by atoms with E-state index < -0.39 is 36.4 Å². The average molecular weight is 268 g/mol. The average Bonchev–Trinajstić information content (AvgIpc) is 1.82. The number of carboxylic acids is 3. The van der Waals surface area contributed by atoms with Crippen molar-refractivity contribution in [3.8, 4) is 0 Å². The topological polar surface area (TPSA) is 171 Å². The number of carbonyl (C=O) groups is 3. The number of aliphatic hydroxyl groups is 1.